The molecule has 0 saturated carbocycles. The van der Waals surface area contributed by atoms with Gasteiger partial charge in [-0.1, -0.05) is 35.3 Å². The number of benzene rings is 2. The summed E-state index contributed by atoms with van der Waals surface area (Å²) in [5, 5.41) is 3.78. The summed E-state index contributed by atoms with van der Waals surface area (Å²) in [4.78, 5) is 26.2. The lowest BCUT2D eigenvalue weighted by atomic mass is 10.1. The highest BCUT2D eigenvalue weighted by Gasteiger charge is 2.34. The van der Waals surface area contributed by atoms with Gasteiger partial charge in [0.25, 0.3) is 0 Å². The van der Waals surface area contributed by atoms with Crippen molar-refractivity contribution in [1.82, 2.24) is 4.90 Å². The largest absolute Gasteiger partial charge is 0.342 e. The van der Waals surface area contributed by atoms with Crippen LogP contribution in [0.25, 0.3) is 0 Å². The Morgan fingerprint density at radius 3 is 2.77 bits per heavy atom. The number of amides is 2. The molecule has 26 heavy (non-hydrogen) atoms. The first kappa shape index (κ1) is 18.7. The molecule has 0 aliphatic carbocycles. The topological polar surface area (TPSA) is 49.4 Å². The van der Waals surface area contributed by atoms with Crippen LogP contribution in [0.3, 0.4) is 0 Å². The Balaban J connectivity index is 1.57. The molecule has 0 bridgehead atoms. The Morgan fingerprint density at radius 1 is 1.23 bits per heavy atom. The highest BCUT2D eigenvalue weighted by Crippen LogP contribution is 2.24. The summed E-state index contributed by atoms with van der Waals surface area (Å²) in [5.74, 6) is -1.23. The predicted octanol–water partition coefficient (Wildman–Crippen LogP) is 4.16. The van der Waals surface area contributed by atoms with Crippen LogP contribution in [0, 0.1) is 11.7 Å². The van der Waals surface area contributed by atoms with E-state index in [0.29, 0.717) is 35.2 Å². The SMILES string of the molecule is O=C(Nc1cccc(F)c1)C1CC(=O)N(CCc2ccc(Cl)cc2Cl)C1. The second-order valence-corrected chi connectivity index (χ2v) is 7.07. The molecule has 0 aromatic heterocycles. The van der Waals surface area contributed by atoms with E-state index in [1.807, 2.05) is 6.07 Å². The summed E-state index contributed by atoms with van der Waals surface area (Å²) in [5.41, 5.74) is 1.28. The molecule has 2 aromatic rings. The third-order valence-corrected chi connectivity index (χ3v) is 4.93. The van der Waals surface area contributed by atoms with Crippen LogP contribution in [0.1, 0.15) is 12.0 Å². The molecule has 1 aliphatic rings. The van der Waals surface area contributed by atoms with Crippen molar-refractivity contribution in [3.8, 4) is 0 Å². The lowest BCUT2D eigenvalue weighted by Crippen LogP contribution is -2.30. The van der Waals surface area contributed by atoms with E-state index in [2.05, 4.69) is 5.32 Å². The molecule has 1 saturated heterocycles. The van der Waals surface area contributed by atoms with Crippen molar-refractivity contribution < 1.29 is 14.0 Å². The number of likely N-dealkylation sites (tertiary alicyclic amines) is 1. The van der Waals surface area contributed by atoms with Crippen molar-refractivity contribution in [2.45, 2.75) is 12.8 Å². The molecule has 1 heterocycles. The first-order chi connectivity index (χ1) is 12.4. The van der Waals surface area contributed by atoms with Crippen molar-refractivity contribution in [1.29, 1.82) is 0 Å². The van der Waals surface area contributed by atoms with E-state index in [1.54, 1.807) is 23.1 Å². The molecule has 1 N–H and O–H groups in total. The molecular formula is C19H17Cl2FN2O2. The van der Waals surface area contributed by atoms with Crippen LogP contribution in [0.15, 0.2) is 42.5 Å². The second-order valence-electron chi connectivity index (χ2n) is 6.23. The van der Waals surface area contributed by atoms with Gasteiger partial charge in [-0.15, -0.1) is 0 Å². The smallest absolute Gasteiger partial charge is 0.229 e. The number of rotatable bonds is 5. The summed E-state index contributed by atoms with van der Waals surface area (Å²) in [6.45, 7) is 0.815. The van der Waals surface area contributed by atoms with Gasteiger partial charge in [-0.3, -0.25) is 9.59 Å². The molecule has 0 spiro atoms. The number of anilines is 1. The number of carbonyl (C=O) groups excluding carboxylic acids is 2. The fraction of sp³-hybridized carbons (Fsp3) is 0.263. The molecular weight excluding hydrogens is 378 g/mol. The minimum Gasteiger partial charge on any atom is -0.342 e. The molecule has 136 valence electrons. The zero-order chi connectivity index (χ0) is 18.7. The second kappa shape index (κ2) is 8.06. The van der Waals surface area contributed by atoms with Gasteiger partial charge in [0.1, 0.15) is 5.82 Å². The third kappa shape index (κ3) is 4.54. The number of hydrogen-bond acceptors (Lipinski definition) is 2. The van der Waals surface area contributed by atoms with E-state index in [0.717, 1.165) is 5.56 Å². The van der Waals surface area contributed by atoms with Gasteiger partial charge in [-0.05, 0) is 42.3 Å². The molecule has 4 nitrogen and oxygen atoms in total. The Kier molecular flexibility index (Phi) is 5.79. The fourth-order valence-corrected chi connectivity index (χ4v) is 3.46. The van der Waals surface area contributed by atoms with Gasteiger partial charge in [0.15, 0.2) is 0 Å². The maximum atomic E-state index is 13.2. The number of halogens is 3. The molecule has 0 radical (unpaired) electrons. The van der Waals surface area contributed by atoms with Crippen LogP contribution in [-0.2, 0) is 16.0 Å². The van der Waals surface area contributed by atoms with Gasteiger partial charge in [0, 0.05) is 35.2 Å². The Labute approximate surface area is 160 Å². The normalized spacial score (nSPS) is 16.8. The van der Waals surface area contributed by atoms with E-state index >= 15 is 0 Å². The van der Waals surface area contributed by atoms with E-state index in [4.69, 9.17) is 23.2 Å². The molecule has 1 fully saturated rings. The van der Waals surface area contributed by atoms with Gasteiger partial charge in [0.05, 0.1) is 5.92 Å². The van der Waals surface area contributed by atoms with Crippen LogP contribution < -0.4 is 5.32 Å². The first-order valence-corrected chi connectivity index (χ1v) is 8.96. The molecule has 2 amide bonds. The minimum absolute atomic E-state index is 0.0746. The average Bonchev–Trinajstić information content (AvgIpc) is 2.95. The third-order valence-electron chi connectivity index (χ3n) is 4.34. The summed E-state index contributed by atoms with van der Waals surface area (Å²) in [6, 6.07) is 10.9. The highest BCUT2D eigenvalue weighted by molar-refractivity contribution is 6.35. The molecule has 1 aliphatic heterocycles. The lowest BCUT2D eigenvalue weighted by molar-refractivity contribution is -0.128. The van der Waals surface area contributed by atoms with Crippen LogP contribution in [-0.4, -0.2) is 29.8 Å². The summed E-state index contributed by atoms with van der Waals surface area (Å²) >= 11 is 12.0. The predicted molar refractivity (Wildman–Crippen MR) is 99.9 cm³/mol. The number of carbonyl (C=O) groups is 2. The van der Waals surface area contributed by atoms with Crippen molar-refractivity contribution >= 4 is 40.7 Å². The van der Waals surface area contributed by atoms with E-state index in [-0.39, 0.29) is 18.2 Å². The van der Waals surface area contributed by atoms with Gasteiger partial charge >= 0.3 is 0 Å². The van der Waals surface area contributed by atoms with Gasteiger partial charge < -0.3 is 10.2 Å². The van der Waals surface area contributed by atoms with E-state index < -0.39 is 11.7 Å². The number of nitrogens with one attached hydrogen (secondary N) is 1. The summed E-state index contributed by atoms with van der Waals surface area (Å²) in [6.07, 6.45) is 0.732. The minimum atomic E-state index is -0.452. The molecule has 1 atom stereocenters. The highest BCUT2D eigenvalue weighted by atomic mass is 35.5. The average molecular weight is 395 g/mol. The fourth-order valence-electron chi connectivity index (χ4n) is 2.95. The van der Waals surface area contributed by atoms with Crippen LogP contribution >= 0.6 is 23.2 Å². The standard InChI is InChI=1S/C19H17Cl2FN2O2/c20-14-5-4-12(17(21)9-14)6-7-24-11-13(8-18(24)25)19(26)23-16-3-1-2-15(22)10-16/h1-5,9-10,13H,6-8,11H2,(H,23,26). The van der Waals surface area contributed by atoms with E-state index in [1.165, 1.54) is 18.2 Å². The van der Waals surface area contributed by atoms with Crippen molar-refractivity contribution in [2.24, 2.45) is 5.92 Å². The number of nitrogens with zero attached hydrogens (tertiary/aromatic N) is 1. The first-order valence-electron chi connectivity index (χ1n) is 8.20. The Hall–Kier alpha value is -2.11. The quantitative estimate of drug-likeness (QED) is 0.827. The Morgan fingerprint density at radius 2 is 2.04 bits per heavy atom. The van der Waals surface area contributed by atoms with Crippen molar-refractivity contribution in [3.05, 3.63) is 63.9 Å². The van der Waals surface area contributed by atoms with Gasteiger partial charge in [-0.25, -0.2) is 4.39 Å². The molecule has 2 aromatic carbocycles. The zero-order valence-electron chi connectivity index (χ0n) is 13.8. The Bertz CT molecular complexity index is 844. The molecule has 1 unspecified atom stereocenters. The molecule has 3 rings (SSSR count). The molecule has 7 heteroatoms. The number of hydrogen-bond donors (Lipinski definition) is 1. The van der Waals surface area contributed by atoms with Crippen molar-refractivity contribution in [2.75, 3.05) is 18.4 Å². The van der Waals surface area contributed by atoms with Crippen LogP contribution in [0.2, 0.25) is 10.0 Å². The van der Waals surface area contributed by atoms with Crippen LogP contribution in [0.4, 0.5) is 10.1 Å². The maximum absolute atomic E-state index is 13.2. The van der Waals surface area contributed by atoms with Gasteiger partial charge in [-0.2, -0.15) is 0 Å². The van der Waals surface area contributed by atoms with Gasteiger partial charge in [0.2, 0.25) is 11.8 Å². The van der Waals surface area contributed by atoms with E-state index in [9.17, 15) is 14.0 Å². The summed E-state index contributed by atoms with van der Waals surface area (Å²) < 4.78 is 13.2. The maximum Gasteiger partial charge on any atom is 0.229 e. The summed E-state index contributed by atoms with van der Waals surface area (Å²) in [7, 11) is 0. The zero-order valence-corrected chi connectivity index (χ0v) is 15.4. The van der Waals surface area contributed by atoms with Crippen molar-refractivity contribution in [3.63, 3.8) is 0 Å². The lowest BCUT2D eigenvalue weighted by Gasteiger charge is -2.17. The van der Waals surface area contributed by atoms with Crippen LogP contribution in [0.5, 0.6) is 0 Å². The monoisotopic (exact) mass is 394 g/mol.